The van der Waals surface area contributed by atoms with Gasteiger partial charge in [-0.25, -0.2) is 0 Å². The molecule has 0 radical (unpaired) electrons. The van der Waals surface area contributed by atoms with Gasteiger partial charge in [-0.1, -0.05) is 32.0 Å². The molecule has 0 spiro atoms. The van der Waals surface area contributed by atoms with Crippen LogP contribution in [0.2, 0.25) is 0 Å². The Morgan fingerprint density at radius 1 is 1.26 bits per heavy atom. The summed E-state index contributed by atoms with van der Waals surface area (Å²) in [5.74, 6) is -0.0501. The number of nitrogens with zero attached hydrogens (tertiary/aromatic N) is 1. The normalized spacial score (nSPS) is 20.1. The van der Waals surface area contributed by atoms with E-state index in [2.05, 4.69) is 12.2 Å². The molecule has 1 aliphatic rings. The van der Waals surface area contributed by atoms with Crippen LogP contribution in [-0.2, 0) is 16.0 Å². The van der Waals surface area contributed by atoms with Crippen LogP contribution >= 0.6 is 0 Å². The molecule has 1 saturated heterocycles. The van der Waals surface area contributed by atoms with Crippen molar-refractivity contribution in [1.82, 2.24) is 5.32 Å². The number of carbonyl (C=O) groups excluding carboxylic acids is 2. The van der Waals surface area contributed by atoms with Gasteiger partial charge in [-0.15, -0.1) is 0 Å². The lowest BCUT2D eigenvalue weighted by molar-refractivity contribution is -0.125. The number of benzene rings is 1. The van der Waals surface area contributed by atoms with E-state index in [1.807, 2.05) is 31.2 Å². The maximum Gasteiger partial charge on any atom is 0.249 e. The van der Waals surface area contributed by atoms with E-state index in [1.54, 1.807) is 4.90 Å². The Morgan fingerprint density at radius 2 is 2.00 bits per heavy atom. The molecule has 2 amide bonds. The second-order valence-electron chi connectivity index (χ2n) is 4.75. The van der Waals surface area contributed by atoms with Crippen LogP contribution in [-0.4, -0.2) is 24.4 Å². The molecule has 0 bridgehead atoms. The number of anilines is 1. The zero-order valence-corrected chi connectivity index (χ0v) is 11.5. The van der Waals surface area contributed by atoms with Gasteiger partial charge in [-0.3, -0.25) is 9.59 Å². The van der Waals surface area contributed by atoms with Gasteiger partial charge in [0.2, 0.25) is 11.8 Å². The van der Waals surface area contributed by atoms with E-state index in [-0.39, 0.29) is 11.8 Å². The Balaban J connectivity index is 2.36. The van der Waals surface area contributed by atoms with Crippen molar-refractivity contribution in [3.63, 3.8) is 0 Å². The molecule has 1 fully saturated rings. The summed E-state index contributed by atoms with van der Waals surface area (Å²) in [6.45, 7) is 4.44. The lowest BCUT2D eigenvalue weighted by Crippen LogP contribution is -2.44. The number of carbonyl (C=O) groups is 2. The number of rotatable bonds is 3. The van der Waals surface area contributed by atoms with E-state index in [9.17, 15) is 9.59 Å². The Labute approximate surface area is 113 Å². The van der Waals surface area contributed by atoms with Crippen LogP contribution in [0.5, 0.6) is 0 Å². The van der Waals surface area contributed by atoms with Crippen LogP contribution in [0.3, 0.4) is 0 Å². The summed E-state index contributed by atoms with van der Waals surface area (Å²) in [5, 5.41) is 2.79. The van der Waals surface area contributed by atoms with Gasteiger partial charge in [0.15, 0.2) is 0 Å². The van der Waals surface area contributed by atoms with Crippen LogP contribution in [0, 0.1) is 0 Å². The van der Waals surface area contributed by atoms with Gasteiger partial charge in [0.25, 0.3) is 0 Å². The maximum atomic E-state index is 12.5. The molecule has 1 aliphatic heterocycles. The lowest BCUT2D eigenvalue weighted by atomic mass is 10.1. The van der Waals surface area contributed by atoms with Crippen molar-refractivity contribution in [2.24, 2.45) is 0 Å². The highest BCUT2D eigenvalue weighted by Gasteiger charge is 2.30. The lowest BCUT2D eigenvalue weighted by Gasteiger charge is -2.25. The third kappa shape index (κ3) is 2.78. The van der Waals surface area contributed by atoms with Crippen LogP contribution in [0.15, 0.2) is 24.3 Å². The summed E-state index contributed by atoms with van der Waals surface area (Å²) in [6.07, 6.45) is 1.85. The minimum absolute atomic E-state index is 0.00532. The molecule has 1 heterocycles. The SMILES string of the molecule is CCc1ccccc1N1CCC(=O)NC(CC)C1=O. The number of amides is 2. The van der Waals surface area contributed by atoms with Crippen molar-refractivity contribution in [2.45, 2.75) is 39.2 Å². The van der Waals surface area contributed by atoms with E-state index < -0.39 is 6.04 Å². The molecule has 0 aliphatic carbocycles. The second kappa shape index (κ2) is 5.87. The fourth-order valence-corrected chi connectivity index (χ4v) is 2.43. The monoisotopic (exact) mass is 260 g/mol. The van der Waals surface area contributed by atoms with E-state index in [0.29, 0.717) is 19.4 Å². The topological polar surface area (TPSA) is 49.4 Å². The zero-order valence-electron chi connectivity index (χ0n) is 11.5. The van der Waals surface area contributed by atoms with Gasteiger partial charge < -0.3 is 10.2 Å². The molecule has 102 valence electrons. The summed E-state index contributed by atoms with van der Waals surface area (Å²) in [5.41, 5.74) is 2.07. The molecule has 4 heteroatoms. The summed E-state index contributed by atoms with van der Waals surface area (Å²) in [7, 11) is 0. The van der Waals surface area contributed by atoms with Crippen molar-refractivity contribution in [3.05, 3.63) is 29.8 Å². The van der Waals surface area contributed by atoms with Gasteiger partial charge in [0.1, 0.15) is 6.04 Å². The van der Waals surface area contributed by atoms with E-state index in [0.717, 1.165) is 17.7 Å². The predicted molar refractivity (Wildman–Crippen MR) is 75.0 cm³/mol. The van der Waals surface area contributed by atoms with Crippen molar-refractivity contribution >= 4 is 17.5 Å². The highest BCUT2D eigenvalue weighted by Crippen LogP contribution is 2.23. The highest BCUT2D eigenvalue weighted by atomic mass is 16.2. The molecule has 4 nitrogen and oxygen atoms in total. The average molecular weight is 260 g/mol. The van der Waals surface area contributed by atoms with Gasteiger partial charge >= 0.3 is 0 Å². The van der Waals surface area contributed by atoms with Crippen molar-refractivity contribution in [1.29, 1.82) is 0 Å². The largest absolute Gasteiger partial charge is 0.344 e. The Kier molecular flexibility index (Phi) is 4.20. The molecule has 1 aromatic rings. The van der Waals surface area contributed by atoms with Crippen LogP contribution in [0.1, 0.15) is 32.3 Å². The molecule has 1 aromatic carbocycles. The minimum atomic E-state index is -0.403. The zero-order chi connectivity index (χ0) is 13.8. The molecule has 1 atom stereocenters. The third-order valence-electron chi connectivity index (χ3n) is 3.53. The first-order chi connectivity index (χ1) is 9.17. The van der Waals surface area contributed by atoms with E-state index >= 15 is 0 Å². The Hall–Kier alpha value is -1.84. The summed E-state index contributed by atoms with van der Waals surface area (Å²) in [4.78, 5) is 25.9. The Morgan fingerprint density at radius 3 is 2.68 bits per heavy atom. The van der Waals surface area contributed by atoms with Gasteiger partial charge in [0, 0.05) is 18.7 Å². The highest BCUT2D eigenvalue weighted by molar-refractivity contribution is 6.01. The van der Waals surface area contributed by atoms with E-state index in [4.69, 9.17) is 0 Å². The quantitative estimate of drug-likeness (QED) is 0.902. The smallest absolute Gasteiger partial charge is 0.249 e. The summed E-state index contributed by atoms with van der Waals surface area (Å²) in [6, 6.07) is 7.50. The Bertz CT molecular complexity index is 485. The molecule has 2 rings (SSSR count). The standard InChI is InChI=1S/C15H20N2O2/c1-3-11-7-5-6-8-13(11)17-10-9-14(18)16-12(4-2)15(17)19/h5-8,12H,3-4,9-10H2,1-2H3,(H,16,18). The van der Waals surface area contributed by atoms with Crippen molar-refractivity contribution in [3.8, 4) is 0 Å². The molecule has 0 saturated carbocycles. The molecule has 0 aromatic heterocycles. The number of nitrogens with one attached hydrogen (secondary N) is 1. The third-order valence-corrected chi connectivity index (χ3v) is 3.53. The summed E-state index contributed by atoms with van der Waals surface area (Å²) >= 11 is 0. The van der Waals surface area contributed by atoms with Gasteiger partial charge in [-0.2, -0.15) is 0 Å². The number of para-hydroxylation sites is 1. The van der Waals surface area contributed by atoms with Crippen LogP contribution < -0.4 is 10.2 Å². The molecule has 1 unspecified atom stereocenters. The number of hydrogen-bond acceptors (Lipinski definition) is 2. The van der Waals surface area contributed by atoms with Gasteiger partial charge in [0.05, 0.1) is 0 Å². The van der Waals surface area contributed by atoms with Gasteiger partial charge in [-0.05, 0) is 24.5 Å². The summed E-state index contributed by atoms with van der Waals surface area (Å²) < 4.78 is 0. The minimum Gasteiger partial charge on any atom is -0.344 e. The molecule has 1 N–H and O–H groups in total. The van der Waals surface area contributed by atoms with Crippen molar-refractivity contribution < 1.29 is 9.59 Å². The first-order valence-electron chi connectivity index (χ1n) is 6.86. The van der Waals surface area contributed by atoms with Crippen molar-refractivity contribution in [2.75, 3.05) is 11.4 Å². The molecular weight excluding hydrogens is 240 g/mol. The van der Waals surface area contributed by atoms with Crippen LogP contribution in [0.4, 0.5) is 5.69 Å². The van der Waals surface area contributed by atoms with E-state index in [1.165, 1.54) is 0 Å². The second-order valence-corrected chi connectivity index (χ2v) is 4.75. The maximum absolute atomic E-state index is 12.5. The number of aryl methyl sites for hydroxylation is 1. The fourth-order valence-electron chi connectivity index (χ4n) is 2.43. The first-order valence-corrected chi connectivity index (χ1v) is 6.86. The molecular formula is C15H20N2O2. The predicted octanol–water partition coefficient (Wildman–Crippen LogP) is 1.88. The van der Waals surface area contributed by atoms with Crippen LogP contribution in [0.25, 0.3) is 0 Å². The fraction of sp³-hybridized carbons (Fsp3) is 0.467. The number of hydrogen-bond donors (Lipinski definition) is 1. The average Bonchev–Trinajstić information content (AvgIpc) is 2.58. The first kappa shape index (κ1) is 13.6. The molecule has 19 heavy (non-hydrogen) atoms.